The minimum Gasteiger partial charge on any atom is -0.490 e. The zero-order valence-corrected chi connectivity index (χ0v) is 12.5. The fourth-order valence-corrected chi connectivity index (χ4v) is 1.85. The number of aromatic carboxylic acids is 1. The standard InChI is InChI=1S/C17H16O6/c1-21-9-10-22-15-8-3-2-7-14(15)17(20)23-13-6-4-5-12(11-13)16(18)19/h2-8,11H,9-10H2,1H3,(H,18,19). The van der Waals surface area contributed by atoms with Gasteiger partial charge in [-0.2, -0.15) is 0 Å². The maximum atomic E-state index is 12.3. The molecule has 6 nitrogen and oxygen atoms in total. The van der Waals surface area contributed by atoms with Gasteiger partial charge in [0.2, 0.25) is 0 Å². The van der Waals surface area contributed by atoms with E-state index in [1.54, 1.807) is 31.4 Å². The van der Waals surface area contributed by atoms with E-state index in [0.717, 1.165) is 0 Å². The molecule has 120 valence electrons. The molecule has 6 heteroatoms. The van der Waals surface area contributed by atoms with Crippen LogP contribution in [0.15, 0.2) is 48.5 Å². The summed E-state index contributed by atoms with van der Waals surface area (Å²) in [4.78, 5) is 23.2. The first kappa shape index (κ1) is 16.5. The normalized spacial score (nSPS) is 10.1. The number of carboxylic acids is 1. The second-order valence-electron chi connectivity index (χ2n) is 4.56. The number of rotatable bonds is 7. The van der Waals surface area contributed by atoms with E-state index in [9.17, 15) is 9.59 Å². The summed E-state index contributed by atoms with van der Waals surface area (Å²) in [6, 6.07) is 12.4. The molecule has 0 atom stereocenters. The Hall–Kier alpha value is -2.86. The second-order valence-corrected chi connectivity index (χ2v) is 4.56. The molecule has 0 radical (unpaired) electrons. The SMILES string of the molecule is COCCOc1ccccc1C(=O)Oc1cccc(C(=O)O)c1. The topological polar surface area (TPSA) is 82.1 Å². The van der Waals surface area contributed by atoms with Crippen molar-refractivity contribution in [3.8, 4) is 11.5 Å². The van der Waals surface area contributed by atoms with Crippen molar-refractivity contribution in [2.24, 2.45) is 0 Å². The van der Waals surface area contributed by atoms with Crippen molar-refractivity contribution in [1.29, 1.82) is 0 Å². The highest BCUT2D eigenvalue weighted by atomic mass is 16.5. The van der Waals surface area contributed by atoms with Crippen LogP contribution >= 0.6 is 0 Å². The van der Waals surface area contributed by atoms with Gasteiger partial charge in [-0.1, -0.05) is 18.2 Å². The third-order valence-corrected chi connectivity index (χ3v) is 2.94. The van der Waals surface area contributed by atoms with Crippen LogP contribution in [-0.4, -0.2) is 37.4 Å². The molecule has 2 rings (SSSR count). The average molecular weight is 316 g/mol. The minimum atomic E-state index is -1.09. The van der Waals surface area contributed by atoms with Gasteiger partial charge >= 0.3 is 11.9 Å². The maximum Gasteiger partial charge on any atom is 0.347 e. The monoisotopic (exact) mass is 316 g/mol. The number of para-hydroxylation sites is 1. The van der Waals surface area contributed by atoms with Gasteiger partial charge in [-0.25, -0.2) is 9.59 Å². The molecule has 0 aliphatic heterocycles. The number of carbonyl (C=O) groups is 2. The predicted octanol–water partition coefficient (Wildman–Crippen LogP) is 2.63. The van der Waals surface area contributed by atoms with E-state index in [-0.39, 0.29) is 16.9 Å². The minimum absolute atomic E-state index is 0.0416. The number of hydrogen-bond donors (Lipinski definition) is 1. The summed E-state index contributed by atoms with van der Waals surface area (Å²) in [6.45, 7) is 0.694. The molecule has 0 aliphatic rings. The number of carbonyl (C=O) groups excluding carboxylic acids is 1. The summed E-state index contributed by atoms with van der Waals surface area (Å²) in [5, 5.41) is 8.95. The molecule has 0 fully saturated rings. The molecule has 0 amide bonds. The fourth-order valence-electron chi connectivity index (χ4n) is 1.85. The van der Waals surface area contributed by atoms with Gasteiger partial charge in [-0.05, 0) is 30.3 Å². The zero-order valence-electron chi connectivity index (χ0n) is 12.5. The Morgan fingerprint density at radius 3 is 2.57 bits per heavy atom. The van der Waals surface area contributed by atoms with Gasteiger partial charge in [0.25, 0.3) is 0 Å². The highest BCUT2D eigenvalue weighted by Gasteiger charge is 2.15. The van der Waals surface area contributed by atoms with Crippen LogP contribution in [0, 0.1) is 0 Å². The largest absolute Gasteiger partial charge is 0.490 e. The molecule has 0 aliphatic carbocycles. The smallest absolute Gasteiger partial charge is 0.347 e. The van der Waals surface area contributed by atoms with Gasteiger partial charge in [0.15, 0.2) is 0 Å². The molecular formula is C17H16O6. The summed E-state index contributed by atoms with van der Waals surface area (Å²) in [7, 11) is 1.55. The first-order chi connectivity index (χ1) is 11.1. The first-order valence-corrected chi connectivity index (χ1v) is 6.88. The van der Waals surface area contributed by atoms with Crippen LogP contribution in [-0.2, 0) is 4.74 Å². The Kier molecular flexibility index (Phi) is 5.71. The van der Waals surface area contributed by atoms with Crippen LogP contribution in [0.25, 0.3) is 0 Å². The number of hydrogen-bond acceptors (Lipinski definition) is 5. The lowest BCUT2D eigenvalue weighted by Crippen LogP contribution is -2.13. The van der Waals surface area contributed by atoms with Crippen molar-refractivity contribution < 1.29 is 28.9 Å². The van der Waals surface area contributed by atoms with Crippen LogP contribution in [0.3, 0.4) is 0 Å². The van der Waals surface area contributed by atoms with Crippen molar-refractivity contribution in [1.82, 2.24) is 0 Å². The summed E-state index contributed by atoms with van der Waals surface area (Å²) in [6.07, 6.45) is 0. The molecule has 0 bridgehead atoms. The lowest BCUT2D eigenvalue weighted by Gasteiger charge is -2.11. The first-order valence-electron chi connectivity index (χ1n) is 6.88. The van der Waals surface area contributed by atoms with E-state index < -0.39 is 11.9 Å². The quantitative estimate of drug-likeness (QED) is 0.480. The number of esters is 1. The summed E-state index contributed by atoms with van der Waals surface area (Å²) >= 11 is 0. The highest BCUT2D eigenvalue weighted by molar-refractivity contribution is 5.94. The molecule has 0 saturated heterocycles. The molecular weight excluding hydrogens is 300 g/mol. The van der Waals surface area contributed by atoms with Crippen LogP contribution in [0.5, 0.6) is 11.5 Å². The molecule has 0 aromatic heterocycles. The molecule has 0 unspecified atom stereocenters. The zero-order chi connectivity index (χ0) is 16.7. The van der Waals surface area contributed by atoms with E-state index in [1.807, 2.05) is 0 Å². The van der Waals surface area contributed by atoms with Crippen molar-refractivity contribution in [2.45, 2.75) is 0 Å². The Morgan fingerprint density at radius 1 is 1.04 bits per heavy atom. The van der Waals surface area contributed by atoms with E-state index in [0.29, 0.717) is 19.0 Å². The van der Waals surface area contributed by atoms with Gasteiger partial charge in [-0.15, -0.1) is 0 Å². The molecule has 0 heterocycles. The van der Waals surface area contributed by atoms with Gasteiger partial charge in [0, 0.05) is 7.11 Å². The van der Waals surface area contributed by atoms with E-state index in [1.165, 1.54) is 24.3 Å². The highest BCUT2D eigenvalue weighted by Crippen LogP contribution is 2.21. The second kappa shape index (κ2) is 7.95. The summed E-state index contributed by atoms with van der Waals surface area (Å²) < 4.78 is 15.6. The molecule has 1 N–H and O–H groups in total. The van der Waals surface area contributed by atoms with Gasteiger partial charge in [0.1, 0.15) is 23.7 Å². The number of benzene rings is 2. The fraction of sp³-hybridized carbons (Fsp3) is 0.176. The van der Waals surface area contributed by atoms with Crippen LogP contribution in [0.4, 0.5) is 0 Å². The van der Waals surface area contributed by atoms with Crippen LogP contribution < -0.4 is 9.47 Å². The summed E-state index contributed by atoms with van der Waals surface area (Å²) in [5.74, 6) is -1.18. The van der Waals surface area contributed by atoms with E-state index >= 15 is 0 Å². The lowest BCUT2D eigenvalue weighted by molar-refractivity contribution is 0.0686. The molecule has 0 spiro atoms. The lowest BCUT2D eigenvalue weighted by atomic mass is 10.2. The maximum absolute atomic E-state index is 12.3. The van der Waals surface area contributed by atoms with Gasteiger partial charge < -0.3 is 19.3 Å². The molecule has 0 saturated carbocycles. The Morgan fingerprint density at radius 2 is 1.83 bits per heavy atom. The third-order valence-electron chi connectivity index (χ3n) is 2.94. The number of methoxy groups -OCH3 is 1. The van der Waals surface area contributed by atoms with E-state index in [2.05, 4.69) is 0 Å². The Labute approximate surface area is 133 Å². The molecule has 2 aromatic carbocycles. The molecule has 23 heavy (non-hydrogen) atoms. The third kappa shape index (κ3) is 4.55. The van der Waals surface area contributed by atoms with Crippen molar-refractivity contribution in [3.63, 3.8) is 0 Å². The molecule has 2 aromatic rings. The summed E-state index contributed by atoms with van der Waals surface area (Å²) in [5.41, 5.74) is 0.296. The van der Waals surface area contributed by atoms with Crippen LogP contribution in [0.1, 0.15) is 20.7 Å². The van der Waals surface area contributed by atoms with Crippen molar-refractivity contribution in [2.75, 3.05) is 20.3 Å². The van der Waals surface area contributed by atoms with Gasteiger partial charge in [0.05, 0.1) is 12.2 Å². The van der Waals surface area contributed by atoms with E-state index in [4.69, 9.17) is 19.3 Å². The number of carboxylic acid groups (broad SMARTS) is 1. The number of ether oxygens (including phenoxy) is 3. The van der Waals surface area contributed by atoms with Crippen molar-refractivity contribution >= 4 is 11.9 Å². The van der Waals surface area contributed by atoms with Crippen molar-refractivity contribution in [3.05, 3.63) is 59.7 Å². The van der Waals surface area contributed by atoms with Crippen LogP contribution in [0.2, 0.25) is 0 Å². The average Bonchev–Trinajstić information content (AvgIpc) is 2.55. The Balaban J connectivity index is 2.14. The Bertz CT molecular complexity index is 695. The predicted molar refractivity (Wildman–Crippen MR) is 82.2 cm³/mol. The van der Waals surface area contributed by atoms with Gasteiger partial charge in [-0.3, -0.25) is 0 Å².